The van der Waals surface area contributed by atoms with Crippen molar-refractivity contribution in [2.24, 2.45) is 11.8 Å². The van der Waals surface area contributed by atoms with Crippen molar-refractivity contribution < 1.29 is 15.0 Å². The molecule has 20 heavy (non-hydrogen) atoms. The molecule has 2 rings (SSSR count). The lowest BCUT2D eigenvalue weighted by Crippen LogP contribution is -2.48. The number of carboxylic acid groups (broad SMARTS) is 1. The van der Waals surface area contributed by atoms with Crippen molar-refractivity contribution in [2.45, 2.75) is 69.9 Å². The van der Waals surface area contributed by atoms with Crippen LogP contribution < -0.4 is 0 Å². The van der Waals surface area contributed by atoms with E-state index in [4.69, 9.17) is 5.11 Å². The summed E-state index contributed by atoms with van der Waals surface area (Å²) in [7, 11) is 2.12. The number of rotatable bonds is 4. The largest absolute Gasteiger partial charge is 0.481 e. The predicted molar refractivity (Wildman–Crippen MR) is 78.6 cm³/mol. The molecule has 0 aromatic heterocycles. The minimum Gasteiger partial charge on any atom is -0.481 e. The van der Waals surface area contributed by atoms with Gasteiger partial charge in [0.05, 0.1) is 11.5 Å². The van der Waals surface area contributed by atoms with Crippen LogP contribution in [0.25, 0.3) is 0 Å². The van der Waals surface area contributed by atoms with Gasteiger partial charge in [0.25, 0.3) is 0 Å². The number of carbonyl (C=O) groups is 1. The Labute approximate surface area is 122 Å². The first kappa shape index (κ1) is 15.8. The van der Waals surface area contributed by atoms with Gasteiger partial charge >= 0.3 is 5.97 Å². The third kappa shape index (κ3) is 3.95. The number of likely N-dealkylation sites (N-methyl/N-ethyl adjacent to an activating group) is 1. The van der Waals surface area contributed by atoms with Gasteiger partial charge in [-0.05, 0) is 51.5 Å². The average Bonchev–Trinajstić information content (AvgIpc) is 2.38. The van der Waals surface area contributed by atoms with E-state index in [1.807, 2.05) is 0 Å². The van der Waals surface area contributed by atoms with Gasteiger partial charge < -0.3 is 15.1 Å². The Hall–Kier alpha value is -0.610. The number of nitrogens with zero attached hydrogens (tertiary/aromatic N) is 1. The van der Waals surface area contributed by atoms with Gasteiger partial charge in [-0.15, -0.1) is 0 Å². The molecule has 2 atom stereocenters. The summed E-state index contributed by atoms with van der Waals surface area (Å²) in [5, 5.41) is 19.7. The molecule has 2 N–H and O–H groups in total. The second-order valence-corrected chi connectivity index (χ2v) is 7.18. The van der Waals surface area contributed by atoms with Crippen molar-refractivity contribution in [1.82, 2.24) is 4.90 Å². The van der Waals surface area contributed by atoms with Crippen LogP contribution in [0.4, 0.5) is 0 Å². The topological polar surface area (TPSA) is 60.8 Å². The summed E-state index contributed by atoms with van der Waals surface area (Å²) < 4.78 is 0. The average molecular weight is 283 g/mol. The molecule has 2 aliphatic carbocycles. The maximum atomic E-state index is 11.0. The molecule has 116 valence electrons. The molecular formula is C16H29NO3. The number of hydrogen-bond donors (Lipinski definition) is 2. The molecule has 2 saturated carbocycles. The highest BCUT2D eigenvalue weighted by Crippen LogP contribution is 2.34. The van der Waals surface area contributed by atoms with Crippen molar-refractivity contribution in [1.29, 1.82) is 0 Å². The van der Waals surface area contributed by atoms with E-state index in [1.165, 1.54) is 25.7 Å². The molecule has 4 nitrogen and oxygen atoms in total. The van der Waals surface area contributed by atoms with E-state index >= 15 is 0 Å². The van der Waals surface area contributed by atoms with Crippen LogP contribution in [0.5, 0.6) is 0 Å². The molecule has 0 amide bonds. The highest BCUT2D eigenvalue weighted by Gasteiger charge is 2.37. The minimum absolute atomic E-state index is 0.254. The third-order valence-electron chi connectivity index (χ3n) is 5.34. The fourth-order valence-electron chi connectivity index (χ4n) is 3.96. The zero-order valence-corrected chi connectivity index (χ0v) is 12.8. The van der Waals surface area contributed by atoms with Crippen molar-refractivity contribution in [3.05, 3.63) is 0 Å². The van der Waals surface area contributed by atoms with Crippen LogP contribution in [0.15, 0.2) is 0 Å². The first-order valence-corrected chi connectivity index (χ1v) is 8.05. The molecule has 0 heterocycles. The summed E-state index contributed by atoms with van der Waals surface area (Å²) in [5.41, 5.74) is -0.679. The Morgan fingerprint density at radius 3 is 2.45 bits per heavy atom. The van der Waals surface area contributed by atoms with Crippen LogP contribution in [0, 0.1) is 11.8 Å². The van der Waals surface area contributed by atoms with Gasteiger partial charge in [0.1, 0.15) is 0 Å². The molecule has 2 aliphatic rings. The SMILES string of the molecule is CC1CCCC(N(C)CC2(O)CCC(C(=O)O)CC2)C1. The molecule has 2 unspecified atom stereocenters. The van der Waals surface area contributed by atoms with Gasteiger partial charge in [0, 0.05) is 12.6 Å². The highest BCUT2D eigenvalue weighted by molar-refractivity contribution is 5.70. The van der Waals surface area contributed by atoms with Crippen LogP contribution in [0.2, 0.25) is 0 Å². The monoisotopic (exact) mass is 283 g/mol. The maximum Gasteiger partial charge on any atom is 0.306 e. The highest BCUT2D eigenvalue weighted by atomic mass is 16.4. The Kier molecular flexibility index (Phi) is 5.08. The van der Waals surface area contributed by atoms with Gasteiger partial charge in [-0.2, -0.15) is 0 Å². The van der Waals surface area contributed by atoms with Crippen molar-refractivity contribution in [3.63, 3.8) is 0 Å². The van der Waals surface area contributed by atoms with Crippen LogP contribution in [-0.2, 0) is 4.79 Å². The zero-order chi connectivity index (χ0) is 14.8. The predicted octanol–water partition coefficient (Wildman–Crippen LogP) is 2.50. The molecule has 0 radical (unpaired) electrons. The number of hydrogen-bond acceptors (Lipinski definition) is 3. The summed E-state index contributed by atoms with van der Waals surface area (Å²) >= 11 is 0. The Balaban J connectivity index is 1.84. The van der Waals surface area contributed by atoms with Crippen LogP contribution >= 0.6 is 0 Å². The molecular weight excluding hydrogens is 254 g/mol. The molecule has 0 saturated heterocycles. The summed E-state index contributed by atoms with van der Waals surface area (Å²) in [6, 6.07) is 0.583. The Morgan fingerprint density at radius 2 is 1.90 bits per heavy atom. The van der Waals surface area contributed by atoms with Crippen LogP contribution in [0.3, 0.4) is 0 Å². The standard InChI is InChI=1S/C16H29NO3/c1-12-4-3-5-14(10-12)17(2)11-16(20)8-6-13(7-9-16)15(18)19/h12-14,20H,3-11H2,1-2H3,(H,18,19). The first-order chi connectivity index (χ1) is 9.39. The summed E-state index contributed by atoms with van der Waals surface area (Å²) in [4.78, 5) is 13.3. The lowest BCUT2D eigenvalue weighted by Gasteiger charge is -2.41. The zero-order valence-electron chi connectivity index (χ0n) is 12.8. The quantitative estimate of drug-likeness (QED) is 0.832. The molecule has 0 bridgehead atoms. The van der Waals surface area contributed by atoms with E-state index < -0.39 is 11.6 Å². The van der Waals surface area contributed by atoms with Crippen LogP contribution in [-0.4, -0.2) is 46.3 Å². The fraction of sp³-hybridized carbons (Fsp3) is 0.938. The molecule has 2 fully saturated rings. The van der Waals surface area contributed by atoms with Gasteiger partial charge in [-0.25, -0.2) is 0 Å². The second kappa shape index (κ2) is 6.44. The second-order valence-electron chi connectivity index (χ2n) is 7.18. The molecule has 0 aliphatic heterocycles. The lowest BCUT2D eigenvalue weighted by molar-refractivity contribution is -0.145. The van der Waals surface area contributed by atoms with E-state index in [2.05, 4.69) is 18.9 Å². The van der Waals surface area contributed by atoms with Crippen LogP contribution in [0.1, 0.15) is 58.3 Å². The van der Waals surface area contributed by atoms with E-state index in [9.17, 15) is 9.90 Å². The van der Waals surface area contributed by atoms with E-state index in [0.29, 0.717) is 38.3 Å². The van der Waals surface area contributed by atoms with E-state index in [-0.39, 0.29) is 5.92 Å². The van der Waals surface area contributed by atoms with E-state index in [1.54, 1.807) is 0 Å². The number of aliphatic hydroxyl groups is 1. The van der Waals surface area contributed by atoms with Crippen molar-refractivity contribution >= 4 is 5.97 Å². The van der Waals surface area contributed by atoms with Gasteiger partial charge in [0.15, 0.2) is 0 Å². The molecule has 4 heteroatoms. The summed E-state index contributed by atoms with van der Waals surface area (Å²) in [6.45, 7) is 3.00. The fourth-order valence-corrected chi connectivity index (χ4v) is 3.96. The van der Waals surface area contributed by atoms with Crippen molar-refractivity contribution in [2.75, 3.05) is 13.6 Å². The van der Waals surface area contributed by atoms with Crippen molar-refractivity contribution in [3.8, 4) is 0 Å². The Morgan fingerprint density at radius 1 is 1.25 bits per heavy atom. The molecule has 0 aromatic rings. The van der Waals surface area contributed by atoms with Gasteiger partial charge in [0.2, 0.25) is 0 Å². The van der Waals surface area contributed by atoms with Gasteiger partial charge in [-0.3, -0.25) is 4.79 Å². The third-order valence-corrected chi connectivity index (χ3v) is 5.34. The lowest BCUT2D eigenvalue weighted by atomic mass is 9.78. The van der Waals surface area contributed by atoms with Gasteiger partial charge in [-0.1, -0.05) is 19.8 Å². The maximum absolute atomic E-state index is 11.0. The smallest absolute Gasteiger partial charge is 0.306 e. The normalized spacial score (nSPS) is 38.9. The summed E-state index contributed by atoms with van der Waals surface area (Å²) in [5.74, 6) is -0.176. The number of carboxylic acids is 1. The molecule has 0 aromatic carbocycles. The molecule has 0 spiro atoms. The minimum atomic E-state index is -0.707. The first-order valence-electron chi connectivity index (χ1n) is 8.05. The van der Waals surface area contributed by atoms with E-state index in [0.717, 1.165) is 5.92 Å². The number of aliphatic carboxylic acids is 1. The Bertz CT molecular complexity index is 337. The summed E-state index contributed by atoms with van der Waals surface area (Å²) in [6.07, 6.45) is 7.54.